The lowest BCUT2D eigenvalue weighted by atomic mass is 9.93. The fourth-order valence-electron chi connectivity index (χ4n) is 2.47. The van der Waals surface area contributed by atoms with Crippen LogP contribution in [-0.2, 0) is 0 Å². The first-order chi connectivity index (χ1) is 9.00. The molecule has 0 aliphatic carbocycles. The molecule has 1 aliphatic rings. The van der Waals surface area contributed by atoms with Crippen molar-refractivity contribution in [2.24, 2.45) is 5.41 Å². The zero-order valence-electron chi connectivity index (χ0n) is 12.5. The summed E-state index contributed by atoms with van der Waals surface area (Å²) in [6.45, 7) is 13.5. The largest absolute Gasteiger partial charge is 0.370 e. The van der Waals surface area contributed by atoms with Crippen LogP contribution in [0.25, 0.3) is 0 Å². The molecule has 0 amide bonds. The van der Waals surface area contributed by atoms with Gasteiger partial charge in [0.05, 0.1) is 0 Å². The van der Waals surface area contributed by atoms with Gasteiger partial charge in [0.2, 0.25) is 0 Å². The fourth-order valence-corrected chi connectivity index (χ4v) is 2.47. The second kappa shape index (κ2) is 5.74. The topological polar surface area (TPSA) is 53.1 Å². The van der Waals surface area contributed by atoms with E-state index in [2.05, 4.69) is 52.3 Å². The van der Waals surface area contributed by atoms with Gasteiger partial charge in [-0.25, -0.2) is 9.97 Å². The second-order valence-corrected chi connectivity index (χ2v) is 5.95. The Morgan fingerprint density at radius 2 is 2.21 bits per heavy atom. The van der Waals surface area contributed by atoms with Crippen molar-refractivity contribution < 1.29 is 0 Å². The number of aromatic nitrogens is 2. The number of aryl methyl sites for hydroxylation is 1. The van der Waals surface area contributed by atoms with Gasteiger partial charge in [-0.3, -0.25) is 0 Å². The third-order valence-corrected chi connectivity index (χ3v) is 3.29. The number of hydrogen-bond acceptors (Lipinski definition) is 5. The van der Waals surface area contributed by atoms with Gasteiger partial charge >= 0.3 is 0 Å². The molecule has 1 fully saturated rings. The lowest BCUT2D eigenvalue weighted by Gasteiger charge is -2.30. The van der Waals surface area contributed by atoms with E-state index in [4.69, 9.17) is 0 Å². The van der Waals surface area contributed by atoms with Crippen molar-refractivity contribution in [3.63, 3.8) is 0 Å². The molecule has 1 aromatic rings. The number of nitrogens with one attached hydrogen (secondary N) is 2. The SMILES string of the molecule is CCNc1cc(N2CCNCC(C)(C)C2)nc(C)n1. The third kappa shape index (κ3) is 3.80. The Morgan fingerprint density at radius 3 is 2.95 bits per heavy atom. The quantitative estimate of drug-likeness (QED) is 0.868. The van der Waals surface area contributed by atoms with Crippen LogP contribution in [0.5, 0.6) is 0 Å². The maximum absolute atomic E-state index is 4.59. The fraction of sp³-hybridized carbons (Fsp3) is 0.714. The highest BCUT2D eigenvalue weighted by Gasteiger charge is 2.25. The van der Waals surface area contributed by atoms with Gasteiger partial charge in [-0.15, -0.1) is 0 Å². The Bertz CT molecular complexity index is 430. The first-order valence-corrected chi connectivity index (χ1v) is 7.05. The van der Waals surface area contributed by atoms with Crippen LogP contribution in [0.2, 0.25) is 0 Å². The van der Waals surface area contributed by atoms with E-state index in [0.717, 1.165) is 50.2 Å². The maximum Gasteiger partial charge on any atom is 0.134 e. The molecule has 0 aromatic carbocycles. The van der Waals surface area contributed by atoms with Gasteiger partial charge in [-0.2, -0.15) is 0 Å². The van der Waals surface area contributed by atoms with Crippen LogP contribution in [0.3, 0.4) is 0 Å². The standard InChI is InChI=1S/C14H25N5/c1-5-16-12-8-13(18-11(2)17-12)19-7-6-15-9-14(3,4)10-19/h8,15H,5-7,9-10H2,1-4H3,(H,16,17,18). The van der Waals surface area contributed by atoms with Gasteiger partial charge in [0, 0.05) is 38.8 Å². The normalized spacial score (nSPS) is 19.1. The van der Waals surface area contributed by atoms with Crippen LogP contribution in [0.1, 0.15) is 26.6 Å². The Labute approximate surface area is 115 Å². The van der Waals surface area contributed by atoms with Crippen molar-refractivity contribution in [3.8, 4) is 0 Å². The van der Waals surface area contributed by atoms with Crippen LogP contribution in [0.4, 0.5) is 11.6 Å². The van der Waals surface area contributed by atoms with Gasteiger partial charge in [0.15, 0.2) is 0 Å². The Hall–Kier alpha value is -1.36. The predicted molar refractivity (Wildman–Crippen MR) is 79.8 cm³/mol. The van der Waals surface area contributed by atoms with E-state index in [9.17, 15) is 0 Å². The van der Waals surface area contributed by atoms with Gasteiger partial charge in [0.1, 0.15) is 17.5 Å². The highest BCUT2D eigenvalue weighted by molar-refractivity contribution is 5.49. The van der Waals surface area contributed by atoms with E-state index in [-0.39, 0.29) is 5.41 Å². The highest BCUT2D eigenvalue weighted by Crippen LogP contribution is 2.23. The summed E-state index contributed by atoms with van der Waals surface area (Å²) in [5.41, 5.74) is 0.258. The van der Waals surface area contributed by atoms with Crippen molar-refractivity contribution in [2.45, 2.75) is 27.7 Å². The summed E-state index contributed by atoms with van der Waals surface area (Å²) in [6.07, 6.45) is 0. The van der Waals surface area contributed by atoms with Gasteiger partial charge in [-0.1, -0.05) is 13.8 Å². The second-order valence-electron chi connectivity index (χ2n) is 5.95. The molecule has 2 heterocycles. The van der Waals surface area contributed by atoms with Crippen LogP contribution < -0.4 is 15.5 Å². The molecule has 106 valence electrons. The lowest BCUT2D eigenvalue weighted by molar-refractivity contribution is 0.370. The minimum Gasteiger partial charge on any atom is -0.370 e. The first kappa shape index (κ1) is 14.1. The van der Waals surface area contributed by atoms with Crippen molar-refractivity contribution in [2.75, 3.05) is 42.9 Å². The van der Waals surface area contributed by atoms with Gasteiger partial charge < -0.3 is 15.5 Å². The molecule has 19 heavy (non-hydrogen) atoms. The molecule has 5 nitrogen and oxygen atoms in total. The monoisotopic (exact) mass is 263 g/mol. The number of nitrogens with zero attached hydrogens (tertiary/aromatic N) is 3. The van der Waals surface area contributed by atoms with E-state index in [0.29, 0.717) is 0 Å². The number of anilines is 2. The molecule has 0 spiro atoms. The van der Waals surface area contributed by atoms with E-state index >= 15 is 0 Å². The van der Waals surface area contributed by atoms with E-state index in [1.807, 2.05) is 6.92 Å². The minimum absolute atomic E-state index is 0.258. The van der Waals surface area contributed by atoms with Crippen molar-refractivity contribution in [3.05, 3.63) is 11.9 Å². The summed E-state index contributed by atoms with van der Waals surface area (Å²) in [5, 5.41) is 6.76. The molecule has 0 unspecified atom stereocenters. The predicted octanol–water partition coefficient (Wildman–Crippen LogP) is 1.65. The molecule has 1 aliphatic heterocycles. The number of hydrogen-bond donors (Lipinski definition) is 2. The summed E-state index contributed by atoms with van der Waals surface area (Å²) >= 11 is 0. The Morgan fingerprint density at radius 1 is 1.42 bits per heavy atom. The average Bonchev–Trinajstić information content (AvgIpc) is 2.50. The number of rotatable bonds is 3. The molecule has 0 bridgehead atoms. The molecule has 0 radical (unpaired) electrons. The van der Waals surface area contributed by atoms with Crippen molar-refractivity contribution >= 4 is 11.6 Å². The first-order valence-electron chi connectivity index (χ1n) is 7.05. The summed E-state index contributed by atoms with van der Waals surface area (Å²) in [4.78, 5) is 11.4. The van der Waals surface area contributed by atoms with Gasteiger partial charge in [-0.05, 0) is 19.3 Å². The molecule has 2 rings (SSSR count). The smallest absolute Gasteiger partial charge is 0.134 e. The van der Waals surface area contributed by atoms with Crippen LogP contribution >= 0.6 is 0 Å². The van der Waals surface area contributed by atoms with Crippen molar-refractivity contribution in [1.82, 2.24) is 15.3 Å². The van der Waals surface area contributed by atoms with E-state index in [1.54, 1.807) is 0 Å². The molecule has 1 aromatic heterocycles. The van der Waals surface area contributed by atoms with Crippen LogP contribution in [0.15, 0.2) is 6.07 Å². The maximum atomic E-state index is 4.59. The summed E-state index contributed by atoms with van der Waals surface area (Å²) in [6, 6.07) is 2.05. The van der Waals surface area contributed by atoms with Crippen molar-refractivity contribution in [1.29, 1.82) is 0 Å². The summed E-state index contributed by atoms with van der Waals surface area (Å²) in [7, 11) is 0. The van der Waals surface area contributed by atoms with Crippen LogP contribution in [-0.4, -0.2) is 42.7 Å². The molecule has 0 atom stereocenters. The van der Waals surface area contributed by atoms with Crippen LogP contribution in [0, 0.1) is 12.3 Å². The zero-order chi connectivity index (χ0) is 13.9. The molecular weight excluding hydrogens is 238 g/mol. The van der Waals surface area contributed by atoms with E-state index < -0.39 is 0 Å². The highest BCUT2D eigenvalue weighted by atomic mass is 15.2. The lowest BCUT2D eigenvalue weighted by Crippen LogP contribution is -2.35. The van der Waals surface area contributed by atoms with E-state index in [1.165, 1.54) is 0 Å². The zero-order valence-corrected chi connectivity index (χ0v) is 12.5. The average molecular weight is 263 g/mol. The summed E-state index contributed by atoms with van der Waals surface area (Å²) in [5.74, 6) is 2.77. The Balaban J connectivity index is 2.24. The molecule has 5 heteroatoms. The Kier molecular flexibility index (Phi) is 4.24. The summed E-state index contributed by atoms with van der Waals surface area (Å²) < 4.78 is 0. The minimum atomic E-state index is 0.258. The van der Waals surface area contributed by atoms with Gasteiger partial charge in [0.25, 0.3) is 0 Å². The molecule has 0 saturated carbocycles. The molecule has 2 N–H and O–H groups in total. The molecule has 1 saturated heterocycles. The third-order valence-electron chi connectivity index (χ3n) is 3.29. The molecular formula is C14H25N5.